The number of hydrogen-bond donors (Lipinski definition) is 2. The molecule has 0 saturated carbocycles. The van der Waals surface area contributed by atoms with Gasteiger partial charge in [0, 0.05) is 18.7 Å². The summed E-state index contributed by atoms with van der Waals surface area (Å²) in [6.45, 7) is 8.26. The molecule has 30 heavy (non-hydrogen) atoms. The van der Waals surface area contributed by atoms with Crippen molar-refractivity contribution in [1.82, 2.24) is 15.6 Å². The van der Waals surface area contributed by atoms with Crippen LogP contribution < -0.4 is 15.4 Å². The Balaban J connectivity index is 1.99. The third kappa shape index (κ3) is 8.51. The standard InChI is InChI=1S/C23H31N3O4/c1-5-13-24-21(27)20(26-22(28)30-23(2,3)4)14-18-11-12-19(15-25-18)29-16-17-9-7-6-8-10-17/h6-12,15,20H,5,13-14,16H2,1-4H3,(H,24,27)(H,26,28). The number of pyridine rings is 1. The predicted molar refractivity (Wildman–Crippen MR) is 115 cm³/mol. The van der Waals surface area contributed by atoms with Crippen molar-refractivity contribution in [1.29, 1.82) is 0 Å². The number of carbonyl (C=O) groups is 2. The molecule has 0 radical (unpaired) electrons. The number of carbonyl (C=O) groups excluding carboxylic acids is 2. The molecule has 0 aliphatic heterocycles. The molecule has 1 aromatic heterocycles. The van der Waals surface area contributed by atoms with Crippen LogP contribution in [0.3, 0.4) is 0 Å². The fraction of sp³-hybridized carbons (Fsp3) is 0.435. The van der Waals surface area contributed by atoms with Crippen LogP contribution in [-0.4, -0.2) is 35.2 Å². The van der Waals surface area contributed by atoms with Crippen LogP contribution in [0.1, 0.15) is 45.4 Å². The third-order valence-corrected chi connectivity index (χ3v) is 4.02. The van der Waals surface area contributed by atoms with Crippen LogP contribution in [0.2, 0.25) is 0 Å². The van der Waals surface area contributed by atoms with E-state index in [-0.39, 0.29) is 12.3 Å². The number of nitrogens with one attached hydrogen (secondary N) is 2. The molecule has 0 bridgehead atoms. The van der Waals surface area contributed by atoms with E-state index in [1.54, 1.807) is 39.1 Å². The molecule has 2 amide bonds. The maximum atomic E-state index is 12.5. The molecule has 1 heterocycles. The molecule has 2 rings (SSSR count). The SMILES string of the molecule is CCCNC(=O)C(Cc1ccc(OCc2ccccc2)cn1)NC(=O)OC(C)(C)C. The summed E-state index contributed by atoms with van der Waals surface area (Å²) in [5, 5.41) is 5.46. The van der Waals surface area contributed by atoms with Gasteiger partial charge < -0.3 is 20.1 Å². The van der Waals surface area contributed by atoms with Gasteiger partial charge in [-0.15, -0.1) is 0 Å². The van der Waals surface area contributed by atoms with E-state index in [2.05, 4.69) is 15.6 Å². The fourth-order valence-corrected chi connectivity index (χ4v) is 2.60. The third-order valence-electron chi connectivity index (χ3n) is 4.02. The monoisotopic (exact) mass is 413 g/mol. The van der Waals surface area contributed by atoms with Crippen molar-refractivity contribution < 1.29 is 19.1 Å². The van der Waals surface area contributed by atoms with Gasteiger partial charge in [0.25, 0.3) is 0 Å². The molecule has 1 unspecified atom stereocenters. The lowest BCUT2D eigenvalue weighted by atomic mass is 10.1. The maximum absolute atomic E-state index is 12.5. The van der Waals surface area contributed by atoms with E-state index in [4.69, 9.17) is 9.47 Å². The summed E-state index contributed by atoms with van der Waals surface area (Å²) in [4.78, 5) is 29.0. The highest BCUT2D eigenvalue weighted by Crippen LogP contribution is 2.13. The van der Waals surface area contributed by atoms with Crippen LogP contribution in [-0.2, 0) is 22.6 Å². The Hall–Kier alpha value is -3.09. The summed E-state index contributed by atoms with van der Waals surface area (Å²) in [5.74, 6) is 0.364. The van der Waals surface area contributed by atoms with Crippen LogP contribution in [0.25, 0.3) is 0 Å². The van der Waals surface area contributed by atoms with E-state index in [9.17, 15) is 9.59 Å². The normalized spacial score (nSPS) is 12.0. The zero-order valence-corrected chi connectivity index (χ0v) is 18.1. The van der Waals surface area contributed by atoms with E-state index in [0.717, 1.165) is 12.0 Å². The van der Waals surface area contributed by atoms with Gasteiger partial charge in [-0.3, -0.25) is 9.78 Å². The Morgan fingerprint density at radius 3 is 2.43 bits per heavy atom. The van der Waals surface area contributed by atoms with Crippen molar-refractivity contribution in [2.75, 3.05) is 6.54 Å². The van der Waals surface area contributed by atoms with Gasteiger partial charge in [-0.1, -0.05) is 37.3 Å². The summed E-state index contributed by atoms with van der Waals surface area (Å²) < 4.78 is 11.0. The largest absolute Gasteiger partial charge is 0.487 e. The van der Waals surface area contributed by atoms with Crippen molar-refractivity contribution in [2.45, 2.75) is 58.8 Å². The van der Waals surface area contributed by atoms with Crippen molar-refractivity contribution in [3.05, 3.63) is 59.9 Å². The minimum absolute atomic E-state index is 0.244. The number of hydrogen-bond acceptors (Lipinski definition) is 5. The molecule has 0 aliphatic rings. The van der Waals surface area contributed by atoms with E-state index < -0.39 is 17.7 Å². The first kappa shape index (κ1) is 23.2. The zero-order chi connectivity index (χ0) is 22.0. The highest BCUT2D eigenvalue weighted by molar-refractivity contribution is 5.85. The molecule has 0 spiro atoms. The topological polar surface area (TPSA) is 89.5 Å². The lowest BCUT2D eigenvalue weighted by molar-refractivity contribution is -0.123. The van der Waals surface area contributed by atoms with Crippen LogP contribution >= 0.6 is 0 Å². The van der Waals surface area contributed by atoms with Gasteiger partial charge in [-0.2, -0.15) is 0 Å². The quantitative estimate of drug-likeness (QED) is 0.655. The van der Waals surface area contributed by atoms with Crippen LogP contribution in [0.15, 0.2) is 48.7 Å². The Kier molecular flexibility index (Phi) is 8.65. The Bertz CT molecular complexity index is 801. The lowest BCUT2D eigenvalue weighted by Gasteiger charge is -2.23. The van der Waals surface area contributed by atoms with Gasteiger partial charge in [-0.25, -0.2) is 4.79 Å². The molecular weight excluding hydrogens is 382 g/mol. The number of amides is 2. The minimum atomic E-state index is -0.782. The van der Waals surface area contributed by atoms with Crippen molar-refractivity contribution in [2.24, 2.45) is 0 Å². The smallest absolute Gasteiger partial charge is 0.408 e. The molecular formula is C23H31N3O4. The molecule has 1 atom stereocenters. The van der Waals surface area contributed by atoms with Crippen molar-refractivity contribution in [3.63, 3.8) is 0 Å². The maximum Gasteiger partial charge on any atom is 0.408 e. The Morgan fingerprint density at radius 2 is 1.83 bits per heavy atom. The molecule has 0 aliphatic carbocycles. The average molecular weight is 414 g/mol. The van der Waals surface area contributed by atoms with E-state index in [1.807, 2.05) is 37.3 Å². The highest BCUT2D eigenvalue weighted by Gasteiger charge is 2.24. The van der Waals surface area contributed by atoms with E-state index in [0.29, 0.717) is 24.6 Å². The molecule has 1 aromatic carbocycles. The average Bonchev–Trinajstić information content (AvgIpc) is 2.70. The summed E-state index contributed by atoms with van der Waals surface area (Å²) in [7, 11) is 0. The molecule has 0 fully saturated rings. The van der Waals surface area contributed by atoms with Gasteiger partial charge in [0.05, 0.1) is 6.20 Å². The minimum Gasteiger partial charge on any atom is -0.487 e. The van der Waals surface area contributed by atoms with Crippen LogP contribution in [0, 0.1) is 0 Å². The second kappa shape index (κ2) is 11.2. The molecule has 2 N–H and O–H groups in total. The summed E-state index contributed by atoms with van der Waals surface area (Å²) in [6, 6.07) is 12.7. The fourth-order valence-electron chi connectivity index (χ4n) is 2.60. The first-order valence-corrected chi connectivity index (χ1v) is 10.2. The predicted octanol–water partition coefficient (Wildman–Crippen LogP) is 3.62. The summed E-state index contributed by atoms with van der Waals surface area (Å²) in [6.07, 6.45) is 2.03. The zero-order valence-electron chi connectivity index (χ0n) is 18.1. The second-order valence-electron chi connectivity index (χ2n) is 7.95. The molecule has 7 heteroatoms. The number of ether oxygens (including phenoxy) is 2. The van der Waals surface area contributed by atoms with Gasteiger partial charge >= 0.3 is 6.09 Å². The lowest BCUT2D eigenvalue weighted by Crippen LogP contribution is -2.49. The van der Waals surface area contributed by atoms with Crippen molar-refractivity contribution >= 4 is 12.0 Å². The van der Waals surface area contributed by atoms with Crippen molar-refractivity contribution in [3.8, 4) is 5.75 Å². The molecule has 2 aromatic rings. The molecule has 7 nitrogen and oxygen atoms in total. The number of benzene rings is 1. The molecule has 162 valence electrons. The number of aromatic nitrogens is 1. The molecule has 0 saturated heterocycles. The van der Waals surface area contributed by atoms with E-state index in [1.165, 1.54) is 0 Å². The van der Waals surface area contributed by atoms with Crippen LogP contribution in [0.5, 0.6) is 5.75 Å². The summed E-state index contributed by atoms with van der Waals surface area (Å²) in [5.41, 5.74) is 1.08. The number of alkyl carbamates (subject to hydrolysis) is 1. The first-order valence-electron chi connectivity index (χ1n) is 10.2. The Labute approximate surface area is 178 Å². The first-order chi connectivity index (χ1) is 14.3. The highest BCUT2D eigenvalue weighted by atomic mass is 16.6. The number of nitrogens with zero attached hydrogens (tertiary/aromatic N) is 1. The van der Waals surface area contributed by atoms with Gasteiger partial charge in [-0.05, 0) is 44.9 Å². The Morgan fingerprint density at radius 1 is 1.10 bits per heavy atom. The van der Waals surface area contributed by atoms with Gasteiger partial charge in [0.1, 0.15) is 24.0 Å². The van der Waals surface area contributed by atoms with Crippen LogP contribution in [0.4, 0.5) is 4.79 Å². The van der Waals surface area contributed by atoms with Gasteiger partial charge in [0.2, 0.25) is 5.91 Å². The van der Waals surface area contributed by atoms with Gasteiger partial charge in [0.15, 0.2) is 0 Å². The summed E-state index contributed by atoms with van der Waals surface area (Å²) >= 11 is 0. The second-order valence-corrected chi connectivity index (χ2v) is 7.95. The van der Waals surface area contributed by atoms with E-state index >= 15 is 0 Å². The number of rotatable bonds is 9.